The van der Waals surface area contributed by atoms with Crippen LogP contribution in [0.25, 0.3) is 11.0 Å². The van der Waals surface area contributed by atoms with Crippen LogP contribution in [0.5, 0.6) is 0 Å². The minimum Gasteiger partial charge on any atom is -0.368 e. The summed E-state index contributed by atoms with van der Waals surface area (Å²) in [5, 5.41) is 15.1. The highest BCUT2D eigenvalue weighted by atomic mass is 15.3. The zero-order valence-electron chi connectivity index (χ0n) is 15.3. The van der Waals surface area contributed by atoms with Crippen LogP contribution in [0.1, 0.15) is 18.5 Å². The molecule has 136 valence electrons. The van der Waals surface area contributed by atoms with Gasteiger partial charge in [-0.1, -0.05) is 30.3 Å². The molecule has 3 N–H and O–H groups in total. The summed E-state index contributed by atoms with van der Waals surface area (Å²) < 4.78 is 1.73. The van der Waals surface area contributed by atoms with Crippen LogP contribution in [0.2, 0.25) is 0 Å². The van der Waals surface area contributed by atoms with Crippen molar-refractivity contribution in [1.29, 1.82) is 0 Å². The second kappa shape index (κ2) is 8.28. The fraction of sp³-hybridized carbons (Fsp3) is 0.333. The lowest BCUT2D eigenvalue weighted by molar-refractivity contribution is 0.687. The SMILES string of the molecule is CN=C(NCCNc1ncnc2c1cnn2C)NC(C)c1ccccc1. The molecular formula is C18H24N8. The van der Waals surface area contributed by atoms with Crippen molar-refractivity contribution in [3.63, 3.8) is 0 Å². The highest BCUT2D eigenvalue weighted by molar-refractivity contribution is 5.86. The first kappa shape index (κ1) is 17.7. The van der Waals surface area contributed by atoms with Crippen molar-refractivity contribution in [1.82, 2.24) is 30.4 Å². The Morgan fingerprint density at radius 1 is 1.19 bits per heavy atom. The van der Waals surface area contributed by atoms with Gasteiger partial charge in [-0.3, -0.25) is 9.67 Å². The summed E-state index contributed by atoms with van der Waals surface area (Å²) in [7, 11) is 3.63. The number of aliphatic imine (C=N–C) groups is 1. The maximum atomic E-state index is 4.30. The molecule has 0 saturated carbocycles. The molecule has 0 amide bonds. The van der Waals surface area contributed by atoms with Gasteiger partial charge in [0, 0.05) is 27.2 Å². The highest BCUT2D eigenvalue weighted by Gasteiger charge is 2.08. The Balaban J connectivity index is 1.50. The minimum atomic E-state index is 0.173. The molecule has 2 aromatic heterocycles. The number of guanidine groups is 1. The Hall–Kier alpha value is -3.16. The Kier molecular flexibility index (Phi) is 5.62. The first-order valence-electron chi connectivity index (χ1n) is 8.57. The molecule has 2 heterocycles. The van der Waals surface area contributed by atoms with Gasteiger partial charge < -0.3 is 16.0 Å². The van der Waals surface area contributed by atoms with E-state index in [2.05, 4.69) is 55.1 Å². The molecular weight excluding hydrogens is 328 g/mol. The normalized spacial score (nSPS) is 12.8. The lowest BCUT2D eigenvalue weighted by atomic mass is 10.1. The Morgan fingerprint density at radius 3 is 2.77 bits per heavy atom. The van der Waals surface area contributed by atoms with Crippen molar-refractivity contribution < 1.29 is 0 Å². The number of rotatable bonds is 6. The molecule has 0 saturated heterocycles. The van der Waals surface area contributed by atoms with Crippen molar-refractivity contribution in [3.8, 4) is 0 Å². The van der Waals surface area contributed by atoms with Gasteiger partial charge in [0.15, 0.2) is 11.6 Å². The molecule has 0 spiro atoms. The van der Waals surface area contributed by atoms with E-state index in [0.29, 0.717) is 13.1 Å². The number of aromatic nitrogens is 4. The van der Waals surface area contributed by atoms with E-state index in [4.69, 9.17) is 0 Å². The van der Waals surface area contributed by atoms with Gasteiger partial charge in [0.25, 0.3) is 0 Å². The van der Waals surface area contributed by atoms with Crippen molar-refractivity contribution in [3.05, 3.63) is 48.4 Å². The fourth-order valence-corrected chi connectivity index (χ4v) is 2.69. The maximum absolute atomic E-state index is 4.30. The Morgan fingerprint density at radius 2 is 2.00 bits per heavy atom. The standard InChI is InChI=1S/C18H24N8/c1-13(14-7-5-4-6-8-14)25-18(19-2)21-10-9-20-16-15-11-24-26(3)17(15)23-12-22-16/h4-8,11-13H,9-10H2,1-3H3,(H2,19,21,25)(H,20,22,23). The van der Waals surface area contributed by atoms with Crippen LogP contribution in [-0.2, 0) is 7.05 Å². The second-order valence-electron chi connectivity index (χ2n) is 5.93. The molecule has 1 unspecified atom stereocenters. The molecule has 0 aliphatic carbocycles. The maximum Gasteiger partial charge on any atom is 0.191 e. The van der Waals surface area contributed by atoms with Crippen LogP contribution < -0.4 is 16.0 Å². The van der Waals surface area contributed by atoms with Crippen LogP contribution in [0.15, 0.2) is 47.8 Å². The van der Waals surface area contributed by atoms with E-state index in [0.717, 1.165) is 22.8 Å². The van der Waals surface area contributed by atoms with E-state index in [1.165, 1.54) is 5.56 Å². The fourth-order valence-electron chi connectivity index (χ4n) is 2.69. The van der Waals surface area contributed by atoms with Gasteiger partial charge in [0.05, 0.1) is 17.6 Å². The molecule has 26 heavy (non-hydrogen) atoms. The molecule has 3 rings (SSSR count). The van der Waals surface area contributed by atoms with Crippen LogP contribution in [0.4, 0.5) is 5.82 Å². The monoisotopic (exact) mass is 352 g/mol. The van der Waals surface area contributed by atoms with E-state index in [1.807, 2.05) is 25.2 Å². The van der Waals surface area contributed by atoms with Crippen molar-refractivity contribution >= 4 is 22.8 Å². The van der Waals surface area contributed by atoms with Crippen molar-refractivity contribution in [2.45, 2.75) is 13.0 Å². The van der Waals surface area contributed by atoms with E-state index in [9.17, 15) is 0 Å². The zero-order valence-corrected chi connectivity index (χ0v) is 15.3. The van der Waals surface area contributed by atoms with E-state index >= 15 is 0 Å². The molecule has 0 aliphatic rings. The Labute approximate surface area is 152 Å². The third-order valence-corrected chi connectivity index (χ3v) is 4.12. The van der Waals surface area contributed by atoms with E-state index in [-0.39, 0.29) is 6.04 Å². The lowest BCUT2D eigenvalue weighted by Crippen LogP contribution is -2.40. The lowest BCUT2D eigenvalue weighted by Gasteiger charge is -2.18. The zero-order chi connectivity index (χ0) is 18.4. The average Bonchev–Trinajstić information content (AvgIpc) is 3.06. The van der Waals surface area contributed by atoms with Gasteiger partial charge in [-0.2, -0.15) is 5.10 Å². The highest BCUT2D eigenvalue weighted by Crippen LogP contribution is 2.17. The van der Waals surface area contributed by atoms with Gasteiger partial charge in [-0.25, -0.2) is 9.97 Å². The van der Waals surface area contributed by atoms with Crippen LogP contribution in [0.3, 0.4) is 0 Å². The number of hydrogen-bond donors (Lipinski definition) is 3. The molecule has 8 heteroatoms. The van der Waals surface area contributed by atoms with Crippen molar-refractivity contribution in [2.75, 3.05) is 25.5 Å². The first-order chi connectivity index (χ1) is 12.7. The molecule has 0 aliphatic heterocycles. The predicted molar refractivity (Wildman–Crippen MR) is 104 cm³/mol. The van der Waals surface area contributed by atoms with Gasteiger partial charge in [-0.05, 0) is 12.5 Å². The van der Waals surface area contributed by atoms with E-state index in [1.54, 1.807) is 24.3 Å². The third-order valence-electron chi connectivity index (χ3n) is 4.12. The second-order valence-corrected chi connectivity index (χ2v) is 5.93. The smallest absolute Gasteiger partial charge is 0.191 e. The van der Waals surface area contributed by atoms with Gasteiger partial charge in [0.1, 0.15) is 12.1 Å². The molecule has 0 bridgehead atoms. The summed E-state index contributed by atoms with van der Waals surface area (Å²) in [6.45, 7) is 3.51. The van der Waals surface area contributed by atoms with Crippen molar-refractivity contribution in [2.24, 2.45) is 12.0 Å². The number of hydrogen-bond acceptors (Lipinski definition) is 5. The number of nitrogens with one attached hydrogen (secondary N) is 3. The largest absolute Gasteiger partial charge is 0.368 e. The quantitative estimate of drug-likeness (QED) is 0.355. The summed E-state index contributed by atoms with van der Waals surface area (Å²) in [5.41, 5.74) is 2.03. The molecule has 8 nitrogen and oxygen atoms in total. The summed E-state index contributed by atoms with van der Waals surface area (Å²) in [4.78, 5) is 12.8. The number of aryl methyl sites for hydroxylation is 1. The number of nitrogens with zero attached hydrogens (tertiary/aromatic N) is 5. The van der Waals surface area contributed by atoms with Gasteiger partial charge in [-0.15, -0.1) is 0 Å². The van der Waals surface area contributed by atoms with E-state index < -0.39 is 0 Å². The molecule has 0 radical (unpaired) electrons. The first-order valence-corrected chi connectivity index (χ1v) is 8.57. The summed E-state index contributed by atoms with van der Waals surface area (Å²) in [5.74, 6) is 1.54. The van der Waals surface area contributed by atoms with Crippen LogP contribution in [-0.4, -0.2) is 45.8 Å². The molecule has 1 aromatic carbocycles. The molecule has 1 atom stereocenters. The summed E-state index contributed by atoms with van der Waals surface area (Å²) in [6.07, 6.45) is 3.31. The summed E-state index contributed by atoms with van der Waals surface area (Å²) >= 11 is 0. The number of anilines is 1. The Bertz CT molecular complexity index is 871. The number of benzene rings is 1. The van der Waals surface area contributed by atoms with Gasteiger partial charge in [0.2, 0.25) is 0 Å². The van der Waals surface area contributed by atoms with Crippen LogP contribution in [0, 0.1) is 0 Å². The average molecular weight is 352 g/mol. The molecule has 0 fully saturated rings. The predicted octanol–water partition coefficient (Wildman–Crippen LogP) is 1.70. The summed E-state index contributed by atoms with van der Waals surface area (Å²) in [6, 6.07) is 10.5. The minimum absolute atomic E-state index is 0.173. The van der Waals surface area contributed by atoms with Crippen LogP contribution >= 0.6 is 0 Å². The topological polar surface area (TPSA) is 92.1 Å². The number of fused-ring (bicyclic) bond motifs is 1. The third kappa shape index (κ3) is 4.08. The van der Waals surface area contributed by atoms with Gasteiger partial charge >= 0.3 is 0 Å². The molecule has 3 aromatic rings.